The van der Waals surface area contributed by atoms with Gasteiger partial charge in [-0.2, -0.15) is 4.98 Å². The first kappa shape index (κ1) is 21.5. The van der Waals surface area contributed by atoms with Gasteiger partial charge in [0.2, 0.25) is 10.0 Å². The van der Waals surface area contributed by atoms with Gasteiger partial charge in [-0.25, -0.2) is 23.5 Å². The molecule has 3 heterocycles. The number of benzene rings is 2. The monoisotopic (exact) mass is 483 g/mol. The Morgan fingerprint density at radius 3 is 2.30 bits per heavy atom. The molecule has 0 saturated carbocycles. The van der Waals surface area contributed by atoms with Crippen molar-refractivity contribution in [1.29, 1.82) is 0 Å². The molecule has 4 aromatic rings. The maximum absolute atomic E-state index is 11.4. The number of primary sulfonamides is 1. The van der Waals surface area contributed by atoms with Crippen molar-refractivity contribution in [1.82, 2.24) is 15.0 Å². The molecule has 170 valence electrons. The lowest BCUT2D eigenvalue weighted by Gasteiger charge is -2.28. The molecule has 1 fully saturated rings. The Hall–Kier alpha value is -3.32. The maximum atomic E-state index is 11.4. The third-order valence-corrected chi connectivity index (χ3v) is 7.03. The third-order valence-electron chi connectivity index (χ3n) is 5.13. The minimum absolute atomic E-state index is 0.0503. The molecular weight excluding hydrogens is 462 g/mol. The molecule has 12 heteroatoms. The number of aromatic nitrogens is 3. The summed E-state index contributed by atoms with van der Waals surface area (Å²) in [6, 6.07) is 14.3. The highest BCUT2D eigenvalue weighted by Crippen LogP contribution is 2.33. The molecule has 0 spiro atoms. The number of nitrogens with one attached hydrogen (secondary N) is 2. The summed E-state index contributed by atoms with van der Waals surface area (Å²) in [5.41, 5.74) is 3.32. The van der Waals surface area contributed by atoms with Gasteiger partial charge in [0.15, 0.2) is 16.6 Å². The van der Waals surface area contributed by atoms with Crippen LogP contribution < -0.4 is 20.7 Å². The second kappa shape index (κ2) is 8.90. The normalized spacial score (nSPS) is 14.4. The first-order chi connectivity index (χ1) is 16.0. The van der Waals surface area contributed by atoms with Gasteiger partial charge in [0.1, 0.15) is 11.0 Å². The third kappa shape index (κ3) is 4.88. The second-order valence-electron chi connectivity index (χ2n) is 7.36. The van der Waals surface area contributed by atoms with Gasteiger partial charge in [-0.15, -0.1) is 0 Å². The Labute approximate surface area is 194 Å². The molecule has 0 radical (unpaired) electrons. The first-order valence-corrected chi connectivity index (χ1v) is 12.5. The van der Waals surface area contributed by atoms with E-state index >= 15 is 0 Å². The molecular formula is C21H21N7O3S2. The van der Waals surface area contributed by atoms with E-state index in [0.717, 1.165) is 42.4 Å². The van der Waals surface area contributed by atoms with Gasteiger partial charge in [-0.3, -0.25) is 0 Å². The summed E-state index contributed by atoms with van der Waals surface area (Å²) in [5.74, 6) is 0.661. The lowest BCUT2D eigenvalue weighted by Crippen LogP contribution is -2.36. The van der Waals surface area contributed by atoms with Crippen LogP contribution in [0.25, 0.3) is 10.3 Å². The van der Waals surface area contributed by atoms with Gasteiger partial charge < -0.3 is 20.3 Å². The van der Waals surface area contributed by atoms with Crippen molar-refractivity contribution in [2.45, 2.75) is 4.90 Å². The number of hydrogen-bond acceptors (Lipinski definition) is 10. The lowest BCUT2D eigenvalue weighted by molar-refractivity contribution is 0.122. The van der Waals surface area contributed by atoms with Gasteiger partial charge in [0, 0.05) is 30.2 Å². The molecule has 1 saturated heterocycles. The summed E-state index contributed by atoms with van der Waals surface area (Å²) in [6.45, 7) is 3.27. The van der Waals surface area contributed by atoms with E-state index in [9.17, 15) is 8.42 Å². The van der Waals surface area contributed by atoms with Gasteiger partial charge in [-0.1, -0.05) is 11.3 Å². The van der Waals surface area contributed by atoms with Gasteiger partial charge >= 0.3 is 0 Å². The van der Waals surface area contributed by atoms with Gasteiger partial charge in [0.05, 0.1) is 18.1 Å². The Morgan fingerprint density at radius 1 is 0.939 bits per heavy atom. The number of rotatable bonds is 6. The summed E-state index contributed by atoms with van der Waals surface area (Å²) in [7, 11) is -3.73. The van der Waals surface area contributed by atoms with Gasteiger partial charge in [0.25, 0.3) is 0 Å². The zero-order chi connectivity index (χ0) is 22.8. The van der Waals surface area contributed by atoms with Gasteiger partial charge in [-0.05, 0) is 48.5 Å². The summed E-state index contributed by atoms with van der Waals surface area (Å²) >= 11 is 1.40. The molecule has 4 N–H and O–H groups in total. The van der Waals surface area contributed by atoms with Crippen molar-refractivity contribution < 1.29 is 13.2 Å². The van der Waals surface area contributed by atoms with E-state index in [1.54, 1.807) is 12.1 Å². The average molecular weight is 484 g/mol. The van der Waals surface area contributed by atoms with E-state index in [2.05, 4.69) is 42.6 Å². The van der Waals surface area contributed by atoms with Crippen LogP contribution >= 0.6 is 11.3 Å². The van der Waals surface area contributed by atoms with E-state index < -0.39 is 10.0 Å². The molecule has 1 aliphatic rings. The zero-order valence-electron chi connectivity index (χ0n) is 17.4. The fourth-order valence-electron chi connectivity index (χ4n) is 3.46. The van der Waals surface area contributed by atoms with Crippen LogP contribution in [0.4, 0.5) is 28.0 Å². The summed E-state index contributed by atoms with van der Waals surface area (Å²) in [5, 5.41) is 12.3. The minimum Gasteiger partial charge on any atom is -0.378 e. The average Bonchev–Trinajstić information content (AvgIpc) is 3.23. The highest BCUT2D eigenvalue weighted by molar-refractivity contribution is 7.89. The number of morpholine rings is 1. The maximum Gasteiger partial charge on any atom is 0.238 e. The fourth-order valence-corrected chi connectivity index (χ4v) is 4.86. The van der Waals surface area contributed by atoms with E-state index in [1.807, 2.05) is 12.1 Å². The molecule has 5 rings (SSSR count). The van der Waals surface area contributed by atoms with Crippen LogP contribution in [-0.4, -0.2) is 49.7 Å². The smallest absolute Gasteiger partial charge is 0.238 e. The number of nitrogens with zero attached hydrogens (tertiary/aromatic N) is 4. The van der Waals surface area contributed by atoms with Crippen molar-refractivity contribution in [2.75, 3.05) is 41.8 Å². The lowest BCUT2D eigenvalue weighted by atomic mass is 10.2. The topological polar surface area (TPSA) is 135 Å². The van der Waals surface area contributed by atoms with Crippen LogP contribution in [0.5, 0.6) is 0 Å². The standard InChI is InChI=1S/C21H21N7O3S2/c22-33(29,30)17-7-3-15(4-8-17)26-21-27-20-18(32-21)19(23-13-24-20)25-14-1-5-16(6-2-14)28-9-11-31-12-10-28/h1-8,13H,9-12H2,(H2,22,29,30)(H2,23,24,25,26,27). The van der Waals surface area contributed by atoms with E-state index in [4.69, 9.17) is 9.88 Å². The first-order valence-electron chi connectivity index (χ1n) is 10.2. The summed E-state index contributed by atoms with van der Waals surface area (Å²) < 4.78 is 29.1. The predicted octanol–water partition coefficient (Wildman–Crippen LogP) is 3.06. The van der Waals surface area contributed by atoms with E-state index in [1.165, 1.54) is 29.8 Å². The molecule has 2 aromatic carbocycles. The fraction of sp³-hybridized carbons (Fsp3) is 0.190. The van der Waals surface area contributed by atoms with E-state index in [-0.39, 0.29) is 4.90 Å². The Kier molecular flexibility index (Phi) is 5.81. The summed E-state index contributed by atoms with van der Waals surface area (Å²) in [4.78, 5) is 15.5. The van der Waals surface area contributed by atoms with Crippen molar-refractivity contribution >= 4 is 59.7 Å². The van der Waals surface area contributed by atoms with Crippen molar-refractivity contribution in [3.63, 3.8) is 0 Å². The molecule has 10 nitrogen and oxygen atoms in total. The molecule has 2 aromatic heterocycles. The van der Waals surface area contributed by atoms with E-state index in [0.29, 0.717) is 22.3 Å². The number of thiazole rings is 1. The molecule has 1 aliphatic heterocycles. The number of hydrogen-bond donors (Lipinski definition) is 3. The molecule has 0 aliphatic carbocycles. The van der Waals surface area contributed by atoms with Crippen LogP contribution in [0.2, 0.25) is 0 Å². The largest absolute Gasteiger partial charge is 0.378 e. The number of fused-ring (bicyclic) bond motifs is 1. The Morgan fingerprint density at radius 2 is 1.61 bits per heavy atom. The Balaban J connectivity index is 1.33. The second-order valence-corrected chi connectivity index (χ2v) is 9.92. The number of nitrogens with two attached hydrogens (primary N) is 1. The molecule has 0 atom stereocenters. The number of sulfonamides is 1. The van der Waals surface area contributed by atoms with Crippen LogP contribution in [0, 0.1) is 0 Å². The SMILES string of the molecule is NS(=O)(=O)c1ccc(Nc2nc3ncnc(Nc4ccc(N5CCOCC5)cc4)c3s2)cc1. The minimum atomic E-state index is -3.73. The number of ether oxygens (including phenoxy) is 1. The van der Waals surface area contributed by atoms with Crippen LogP contribution in [0.1, 0.15) is 0 Å². The van der Waals surface area contributed by atoms with Crippen LogP contribution in [0.3, 0.4) is 0 Å². The molecule has 0 amide bonds. The van der Waals surface area contributed by atoms with Crippen molar-refractivity contribution in [2.24, 2.45) is 5.14 Å². The molecule has 0 bridgehead atoms. The highest BCUT2D eigenvalue weighted by atomic mass is 32.2. The summed E-state index contributed by atoms with van der Waals surface area (Å²) in [6.07, 6.45) is 1.47. The quantitative estimate of drug-likeness (QED) is 0.378. The zero-order valence-corrected chi connectivity index (χ0v) is 19.1. The highest BCUT2D eigenvalue weighted by Gasteiger charge is 2.14. The van der Waals surface area contributed by atoms with Crippen LogP contribution in [0.15, 0.2) is 59.8 Å². The van der Waals surface area contributed by atoms with Crippen molar-refractivity contribution in [3.8, 4) is 0 Å². The predicted molar refractivity (Wildman–Crippen MR) is 129 cm³/mol. The Bertz CT molecular complexity index is 1370. The van der Waals surface area contributed by atoms with Crippen LogP contribution in [-0.2, 0) is 14.8 Å². The number of anilines is 5. The molecule has 0 unspecified atom stereocenters. The van der Waals surface area contributed by atoms with Crippen molar-refractivity contribution in [3.05, 3.63) is 54.9 Å². The molecule has 33 heavy (non-hydrogen) atoms.